The second kappa shape index (κ2) is 4.72. The molecule has 1 aliphatic rings. The van der Waals surface area contributed by atoms with Crippen LogP contribution in [0.5, 0.6) is 0 Å². The first-order chi connectivity index (χ1) is 9.58. The Morgan fingerprint density at radius 1 is 1.40 bits per heavy atom. The number of rotatable bonds is 2. The van der Waals surface area contributed by atoms with Crippen LogP contribution in [0, 0.1) is 6.92 Å². The summed E-state index contributed by atoms with van der Waals surface area (Å²) in [6.07, 6.45) is 1.84. The SMILES string of the molecule is Cc1ncc(C(=O)N2c3ccccc3C[C@H]2C(=O)O)s1. The van der Waals surface area contributed by atoms with Gasteiger partial charge in [0.1, 0.15) is 10.9 Å². The quantitative estimate of drug-likeness (QED) is 0.918. The minimum absolute atomic E-state index is 0.298. The van der Waals surface area contributed by atoms with E-state index in [0.29, 0.717) is 17.0 Å². The molecule has 0 fully saturated rings. The highest BCUT2D eigenvalue weighted by atomic mass is 32.1. The summed E-state index contributed by atoms with van der Waals surface area (Å²) < 4.78 is 0. The third-order valence-electron chi connectivity index (χ3n) is 3.31. The molecule has 1 amide bonds. The summed E-state index contributed by atoms with van der Waals surface area (Å²) in [7, 11) is 0. The van der Waals surface area contributed by atoms with E-state index in [0.717, 1.165) is 10.6 Å². The van der Waals surface area contributed by atoms with Crippen LogP contribution in [0.3, 0.4) is 0 Å². The topological polar surface area (TPSA) is 70.5 Å². The molecule has 1 aliphatic heterocycles. The van der Waals surface area contributed by atoms with Crippen LogP contribution < -0.4 is 4.90 Å². The fraction of sp³-hybridized carbons (Fsp3) is 0.214. The van der Waals surface area contributed by atoms with Gasteiger partial charge >= 0.3 is 5.97 Å². The molecule has 1 atom stereocenters. The zero-order valence-electron chi connectivity index (χ0n) is 10.7. The van der Waals surface area contributed by atoms with Gasteiger partial charge in [0.25, 0.3) is 5.91 Å². The number of hydrogen-bond acceptors (Lipinski definition) is 4. The number of carboxylic acids is 1. The molecule has 2 heterocycles. The summed E-state index contributed by atoms with van der Waals surface area (Å²) >= 11 is 1.28. The van der Waals surface area contributed by atoms with Crippen LogP contribution in [0.1, 0.15) is 20.2 Å². The third-order valence-corrected chi connectivity index (χ3v) is 4.21. The molecule has 0 aliphatic carbocycles. The summed E-state index contributed by atoms with van der Waals surface area (Å²) in [5, 5.41) is 10.1. The predicted molar refractivity (Wildman–Crippen MR) is 75.2 cm³/mol. The number of thiazole rings is 1. The lowest BCUT2D eigenvalue weighted by molar-refractivity contribution is -0.138. The van der Waals surface area contributed by atoms with Gasteiger partial charge in [-0.1, -0.05) is 18.2 Å². The molecule has 2 aromatic rings. The zero-order chi connectivity index (χ0) is 14.3. The van der Waals surface area contributed by atoms with Gasteiger partial charge in [0.15, 0.2) is 0 Å². The molecular formula is C14H12N2O3S. The van der Waals surface area contributed by atoms with Crippen molar-refractivity contribution in [2.75, 3.05) is 4.90 Å². The fourth-order valence-electron chi connectivity index (χ4n) is 2.41. The molecule has 102 valence electrons. The molecule has 0 saturated heterocycles. The Bertz CT molecular complexity index is 695. The zero-order valence-corrected chi connectivity index (χ0v) is 11.6. The number of aliphatic carboxylic acids is 1. The van der Waals surface area contributed by atoms with Crippen LogP contribution in [-0.4, -0.2) is 28.0 Å². The van der Waals surface area contributed by atoms with E-state index in [2.05, 4.69) is 4.98 Å². The van der Waals surface area contributed by atoms with Gasteiger partial charge in [0, 0.05) is 12.1 Å². The number of hydrogen-bond donors (Lipinski definition) is 1. The third kappa shape index (κ3) is 1.98. The van der Waals surface area contributed by atoms with Crippen LogP contribution >= 0.6 is 11.3 Å². The van der Waals surface area contributed by atoms with Gasteiger partial charge < -0.3 is 5.11 Å². The molecule has 0 saturated carbocycles. The maximum atomic E-state index is 12.6. The first kappa shape index (κ1) is 12.8. The number of aromatic nitrogens is 1. The van der Waals surface area contributed by atoms with Gasteiger partial charge in [0.2, 0.25) is 0 Å². The smallest absolute Gasteiger partial charge is 0.327 e. The molecule has 1 N–H and O–H groups in total. The van der Waals surface area contributed by atoms with Crippen molar-refractivity contribution >= 4 is 28.9 Å². The molecule has 0 radical (unpaired) electrons. The first-order valence-electron chi connectivity index (χ1n) is 6.14. The molecular weight excluding hydrogens is 276 g/mol. The van der Waals surface area contributed by atoms with E-state index in [1.54, 1.807) is 12.1 Å². The molecule has 5 nitrogen and oxygen atoms in total. The molecule has 1 aromatic carbocycles. The lowest BCUT2D eigenvalue weighted by Gasteiger charge is -2.21. The van der Waals surface area contributed by atoms with Crippen molar-refractivity contribution < 1.29 is 14.7 Å². The minimum atomic E-state index is -0.990. The number of benzene rings is 1. The molecule has 20 heavy (non-hydrogen) atoms. The highest BCUT2D eigenvalue weighted by Crippen LogP contribution is 2.34. The molecule has 0 unspecified atom stereocenters. The average Bonchev–Trinajstić information content (AvgIpc) is 3.01. The van der Waals surface area contributed by atoms with Crippen LogP contribution in [0.4, 0.5) is 5.69 Å². The van der Waals surface area contributed by atoms with Crippen LogP contribution in [0.15, 0.2) is 30.5 Å². The Hall–Kier alpha value is -2.21. The van der Waals surface area contributed by atoms with Crippen molar-refractivity contribution in [3.05, 3.63) is 45.9 Å². The maximum absolute atomic E-state index is 12.6. The van der Waals surface area contributed by atoms with Gasteiger partial charge in [-0.3, -0.25) is 9.69 Å². The van der Waals surface area contributed by atoms with Crippen molar-refractivity contribution in [2.45, 2.75) is 19.4 Å². The number of fused-ring (bicyclic) bond motifs is 1. The van der Waals surface area contributed by atoms with E-state index in [9.17, 15) is 14.7 Å². The van der Waals surface area contributed by atoms with E-state index in [4.69, 9.17) is 0 Å². The Balaban J connectivity index is 2.04. The van der Waals surface area contributed by atoms with Gasteiger partial charge in [-0.15, -0.1) is 11.3 Å². The molecule has 3 rings (SSSR count). The Kier molecular flexibility index (Phi) is 3.02. The summed E-state index contributed by atoms with van der Waals surface area (Å²) in [5.74, 6) is -1.29. The second-order valence-corrected chi connectivity index (χ2v) is 5.84. The predicted octanol–water partition coefficient (Wildman–Crippen LogP) is 2.11. The number of para-hydroxylation sites is 1. The van der Waals surface area contributed by atoms with Crippen LogP contribution in [-0.2, 0) is 11.2 Å². The molecule has 0 spiro atoms. The molecule has 0 bridgehead atoms. The number of carboxylic acid groups (broad SMARTS) is 1. The number of anilines is 1. The highest BCUT2D eigenvalue weighted by Gasteiger charge is 2.39. The summed E-state index contributed by atoms with van der Waals surface area (Å²) in [4.78, 5) is 29.9. The largest absolute Gasteiger partial charge is 0.480 e. The number of amides is 1. The fourth-order valence-corrected chi connectivity index (χ4v) is 3.13. The van der Waals surface area contributed by atoms with E-state index >= 15 is 0 Å². The lowest BCUT2D eigenvalue weighted by atomic mass is 10.1. The Labute approximate surface area is 119 Å². The molecule has 1 aromatic heterocycles. The first-order valence-corrected chi connectivity index (χ1v) is 6.96. The van der Waals surface area contributed by atoms with Crippen molar-refractivity contribution in [2.24, 2.45) is 0 Å². The number of carbonyl (C=O) groups excluding carboxylic acids is 1. The van der Waals surface area contributed by atoms with Crippen molar-refractivity contribution in [1.29, 1.82) is 0 Å². The highest BCUT2D eigenvalue weighted by molar-refractivity contribution is 7.13. The van der Waals surface area contributed by atoms with Crippen LogP contribution in [0.25, 0.3) is 0 Å². The number of aryl methyl sites for hydroxylation is 1. The van der Waals surface area contributed by atoms with Gasteiger partial charge in [-0.2, -0.15) is 0 Å². The minimum Gasteiger partial charge on any atom is -0.480 e. The summed E-state index contributed by atoms with van der Waals surface area (Å²) in [5.41, 5.74) is 1.56. The van der Waals surface area contributed by atoms with E-state index in [1.807, 2.05) is 19.1 Å². The second-order valence-electron chi connectivity index (χ2n) is 4.61. The van der Waals surface area contributed by atoms with Crippen LogP contribution in [0.2, 0.25) is 0 Å². The van der Waals surface area contributed by atoms with Gasteiger partial charge in [-0.25, -0.2) is 9.78 Å². The van der Waals surface area contributed by atoms with Gasteiger partial charge in [0.05, 0.1) is 11.2 Å². The van der Waals surface area contributed by atoms with E-state index < -0.39 is 12.0 Å². The number of nitrogens with zero attached hydrogens (tertiary/aromatic N) is 2. The van der Waals surface area contributed by atoms with E-state index in [-0.39, 0.29) is 5.91 Å². The standard InChI is InChI=1S/C14H12N2O3S/c1-8-15-7-12(20-8)13(17)16-10-5-3-2-4-9(10)6-11(16)14(18)19/h2-5,7,11H,6H2,1H3,(H,18,19)/t11-/m0/s1. The van der Waals surface area contributed by atoms with E-state index in [1.165, 1.54) is 22.4 Å². The average molecular weight is 288 g/mol. The monoisotopic (exact) mass is 288 g/mol. The summed E-state index contributed by atoms with van der Waals surface area (Å²) in [6, 6.07) is 6.45. The van der Waals surface area contributed by atoms with Crippen molar-refractivity contribution in [3.63, 3.8) is 0 Å². The normalized spacial score (nSPS) is 17.1. The lowest BCUT2D eigenvalue weighted by Crippen LogP contribution is -2.42. The Morgan fingerprint density at radius 2 is 2.15 bits per heavy atom. The Morgan fingerprint density at radius 3 is 2.80 bits per heavy atom. The van der Waals surface area contributed by atoms with Crippen molar-refractivity contribution in [3.8, 4) is 0 Å². The maximum Gasteiger partial charge on any atom is 0.327 e. The number of carbonyl (C=O) groups is 2. The van der Waals surface area contributed by atoms with Gasteiger partial charge in [-0.05, 0) is 18.6 Å². The molecule has 6 heteroatoms. The van der Waals surface area contributed by atoms with Crippen molar-refractivity contribution in [1.82, 2.24) is 4.98 Å². The summed E-state index contributed by atoms with van der Waals surface area (Å²) in [6.45, 7) is 1.81.